The van der Waals surface area contributed by atoms with E-state index in [1.807, 2.05) is 13.8 Å². The normalized spacial score (nSPS) is 18.8. The molecule has 23 heavy (non-hydrogen) atoms. The summed E-state index contributed by atoms with van der Waals surface area (Å²) in [4.78, 5) is 11.5. The van der Waals surface area contributed by atoms with Crippen LogP contribution in [0.4, 0.5) is 0 Å². The maximum Gasteiger partial charge on any atom is 0.240 e. The lowest BCUT2D eigenvalue weighted by atomic mass is 9.96. The van der Waals surface area contributed by atoms with Crippen LogP contribution in [0, 0.1) is 18.3 Å². The molecule has 0 spiro atoms. The van der Waals surface area contributed by atoms with Crippen molar-refractivity contribution in [2.75, 3.05) is 5.75 Å². The highest BCUT2D eigenvalue weighted by atomic mass is 32.2. The van der Waals surface area contributed by atoms with Crippen LogP contribution in [0.25, 0.3) is 5.57 Å². The summed E-state index contributed by atoms with van der Waals surface area (Å²) >= 11 is 0. The van der Waals surface area contributed by atoms with Gasteiger partial charge in [0.1, 0.15) is 5.75 Å². The average molecular weight is 330 g/mol. The topological polar surface area (TPSA) is 75.6 Å². The predicted octanol–water partition coefficient (Wildman–Crippen LogP) is 2.01. The summed E-state index contributed by atoms with van der Waals surface area (Å²) < 4.78 is 24.6. The first-order chi connectivity index (χ1) is 10.8. The molecule has 0 saturated carbocycles. The van der Waals surface area contributed by atoms with Gasteiger partial charge in [-0.05, 0) is 30.2 Å². The summed E-state index contributed by atoms with van der Waals surface area (Å²) in [5.41, 5.74) is 4.50. The number of rotatable bonds is 4. The fourth-order valence-electron chi connectivity index (χ4n) is 2.39. The second kappa shape index (κ2) is 6.80. The number of hydrogen-bond acceptors (Lipinski definition) is 4. The van der Waals surface area contributed by atoms with Crippen molar-refractivity contribution in [2.45, 2.75) is 25.2 Å². The lowest BCUT2D eigenvalue weighted by Gasteiger charge is -2.17. The lowest BCUT2D eigenvalue weighted by Crippen LogP contribution is -2.30. The number of hydrazone groups is 1. The molecule has 5 nitrogen and oxygen atoms in total. The first-order valence-electron chi connectivity index (χ1n) is 7.15. The number of amides is 1. The van der Waals surface area contributed by atoms with Crippen molar-refractivity contribution in [3.05, 3.63) is 35.9 Å². The van der Waals surface area contributed by atoms with Gasteiger partial charge >= 0.3 is 0 Å². The summed E-state index contributed by atoms with van der Waals surface area (Å²) in [6.45, 7) is 3.72. The molecule has 0 saturated heterocycles. The zero-order chi connectivity index (χ0) is 17.0. The fourth-order valence-corrected chi connectivity index (χ4v) is 3.62. The van der Waals surface area contributed by atoms with Gasteiger partial charge < -0.3 is 0 Å². The minimum absolute atomic E-state index is 0.0202. The number of terminal acetylenes is 1. The maximum atomic E-state index is 12.3. The number of benzene rings is 1. The first kappa shape index (κ1) is 17.0. The lowest BCUT2D eigenvalue weighted by molar-refractivity contribution is -0.121. The van der Waals surface area contributed by atoms with Crippen LogP contribution in [0.15, 0.2) is 40.3 Å². The first-order valence-corrected chi connectivity index (χ1v) is 8.80. The molecule has 1 atom stereocenters. The van der Waals surface area contributed by atoms with Crippen LogP contribution in [0.1, 0.15) is 25.8 Å². The summed E-state index contributed by atoms with van der Waals surface area (Å²) in [6.07, 6.45) is 7.32. The Labute approximate surface area is 136 Å². The van der Waals surface area contributed by atoms with E-state index < -0.39 is 9.84 Å². The van der Waals surface area contributed by atoms with E-state index >= 15 is 0 Å². The molecule has 1 aromatic carbocycles. The number of allylic oxidation sites excluding steroid dienone is 2. The third-order valence-electron chi connectivity index (χ3n) is 3.59. The second-order valence-corrected chi connectivity index (χ2v) is 7.42. The van der Waals surface area contributed by atoms with Crippen LogP contribution in [0.5, 0.6) is 0 Å². The SMILES string of the molecule is C#CCS(=O)(=O)c1ccccc1C(C)=CC1=NNC(=O)CC1C. The molecular formula is C17H18N2O3S. The Balaban J connectivity index is 2.45. The van der Waals surface area contributed by atoms with Crippen molar-refractivity contribution in [2.24, 2.45) is 11.0 Å². The van der Waals surface area contributed by atoms with E-state index in [1.165, 1.54) is 0 Å². The minimum Gasteiger partial charge on any atom is -0.273 e. The Morgan fingerprint density at radius 3 is 2.83 bits per heavy atom. The number of carbonyl (C=O) groups excluding carboxylic acids is 1. The van der Waals surface area contributed by atoms with Crippen molar-refractivity contribution in [3.63, 3.8) is 0 Å². The maximum absolute atomic E-state index is 12.3. The highest BCUT2D eigenvalue weighted by Crippen LogP contribution is 2.25. The minimum atomic E-state index is -3.54. The molecule has 0 radical (unpaired) electrons. The van der Waals surface area contributed by atoms with Crippen LogP contribution in [-0.4, -0.2) is 25.8 Å². The third-order valence-corrected chi connectivity index (χ3v) is 5.16. The number of nitrogens with one attached hydrogen (secondary N) is 1. The van der Waals surface area contributed by atoms with Crippen LogP contribution < -0.4 is 5.43 Å². The summed E-state index contributed by atoms with van der Waals surface area (Å²) in [5.74, 6) is 1.70. The monoisotopic (exact) mass is 330 g/mol. The molecule has 0 bridgehead atoms. The number of hydrogen-bond donors (Lipinski definition) is 1. The highest BCUT2D eigenvalue weighted by molar-refractivity contribution is 7.91. The molecule has 2 rings (SSSR count). The molecule has 1 heterocycles. The molecule has 1 N–H and O–H groups in total. The zero-order valence-electron chi connectivity index (χ0n) is 13.0. The Morgan fingerprint density at radius 2 is 2.17 bits per heavy atom. The van der Waals surface area contributed by atoms with Crippen molar-refractivity contribution < 1.29 is 13.2 Å². The van der Waals surface area contributed by atoms with E-state index in [9.17, 15) is 13.2 Å². The highest BCUT2D eigenvalue weighted by Gasteiger charge is 2.21. The molecule has 0 aromatic heterocycles. The van der Waals surface area contributed by atoms with Gasteiger partial charge in [0.15, 0.2) is 9.84 Å². The molecule has 1 unspecified atom stereocenters. The molecule has 1 aliphatic rings. The molecule has 0 aliphatic carbocycles. The summed E-state index contributed by atoms with van der Waals surface area (Å²) in [5, 5.41) is 4.04. The Kier molecular flexibility index (Phi) is 5.02. The predicted molar refractivity (Wildman–Crippen MR) is 90.3 cm³/mol. The number of nitrogens with zero attached hydrogens (tertiary/aromatic N) is 1. The quantitative estimate of drug-likeness (QED) is 0.858. The summed E-state index contributed by atoms with van der Waals surface area (Å²) in [6, 6.07) is 6.73. The van der Waals surface area contributed by atoms with Crippen LogP contribution in [0.3, 0.4) is 0 Å². The van der Waals surface area contributed by atoms with Crippen LogP contribution >= 0.6 is 0 Å². The van der Waals surface area contributed by atoms with E-state index in [2.05, 4.69) is 16.4 Å². The number of carbonyl (C=O) groups is 1. The second-order valence-electron chi connectivity index (χ2n) is 5.46. The number of sulfone groups is 1. The van der Waals surface area contributed by atoms with Gasteiger partial charge in [0.2, 0.25) is 5.91 Å². The van der Waals surface area contributed by atoms with Gasteiger partial charge in [0.25, 0.3) is 0 Å². The molecule has 1 amide bonds. The van der Waals surface area contributed by atoms with Gasteiger partial charge in [0, 0.05) is 12.3 Å². The molecule has 1 aromatic rings. The fraction of sp³-hybridized carbons (Fsp3) is 0.294. The van der Waals surface area contributed by atoms with Crippen molar-refractivity contribution in [1.82, 2.24) is 5.43 Å². The van der Waals surface area contributed by atoms with Gasteiger partial charge in [-0.1, -0.05) is 31.0 Å². The average Bonchev–Trinajstić information content (AvgIpc) is 2.50. The molecule has 1 aliphatic heterocycles. The Bertz CT molecular complexity index is 830. The van der Waals surface area contributed by atoms with E-state index in [4.69, 9.17) is 6.42 Å². The van der Waals surface area contributed by atoms with Gasteiger partial charge in [-0.3, -0.25) is 4.79 Å². The smallest absolute Gasteiger partial charge is 0.240 e. The van der Waals surface area contributed by atoms with E-state index in [-0.39, 0.29) is 22.5 Å². The molecule has 6 heteroatoms. The summed E-state index contributed by atoms with van der Waals surface area (Å²) in [7, 11) is -3.54. The molecule has 120 valence electrons. The van der Waals surface area contributed by atoms with E-state index in [0.717, 1.165) is 5.57 Å². The molecule has 0 fully saturated rings. The Morgan fingerprint density at radius 1 is 1.48 bits per heavy atom. The van der Waals surface area contributed by atoms with Gasteiger partial charge in [-0.25, -0.2) is 13.8 Å². The van der Waals surface area contributed by atoms with Gasteiger partial charge in [-0.2, -0.15) is 5.10 Å². The van der Waals surface area contributed by atoms with Crippen molar-refractivity contribution in [3.8, 4) is 12.3 Å². The third kappa shape index (κ3) is 3.88. The standard InChI is InChI=1S/C17H18N2O3S/c1-4-9-23(21,22)16-8-6-5-7-14(16)12(2)10-15-13(3)11-17(20)19-18-15/h1,5-8,10,13H,9,11H2,2-3H3,(H,19,20). The Hall–Kier alpha value is -2.39. The van der Waals surface area contributed by atoms with Gasteiger partial charge in [-0.15, -0.1) is 6.42 Å². The van der Waals surface area contributed by atoms with Gasteiger partial charge in [0.05, 0.1) is 10.6 Å². The van der Waals surface area contributed by atoms with E-state index in [1.54, 1.807) is 30.3 Å². The van der Waals surface area contributed by atoms with Crippen molar-refractivity contribution in [1.29, 1.82) is 0 Å². The molecular weight excluding hydrogens is 312 g/mol. The van der Waals surface area contributed by atoms with Crippen LogP contribution in [-0.2, 0) is 14.6 Å². The van der Waals surface area contributed by atoms with E-state index in [0.29, 0.717) is 17.7 Å². The zero-order valence-corrected chi connectivity index (χ0v) is 13.9. The van der Waals surface area contributed by atoms with Crippen molar-refractivity contribution >= 4 is 27.0 Å². The van der Waals surface area contributed by atoms with Crippen LogP contribution in [0.2, 0.25) is 0 Å². The largest absolute Gasteiger partial charge is 0.273 e.